The number of halogens is 2. The summed E-state index contributed by atoms with van der Waals surface area (Å²) in [5.74, 6) is -0.278. The second kappa shape index (κ2) is 5.23. The third-order valence-electron chi connectivity index (χ3n) is 2.49. The first kappa shape index (κ1) is 12.0. The Morgan fingerprint density at radius 2 is 2.12 bits per heavy atom. The standard InChI is InChI=1S/C13H12ClFN2/c1-2-4-11-12(16-8-17-13(11)14)9-5-3-6-10(15)7-9/h3,5-8H,2,4H2,1H3. The number of rotatable bonds is 3. The highest BCUT2D eigenvalue weighted by atomic mass is 35.5. The average molecular weight is 251 g/mol. The maximum absolute atomic E-state index is 13.2. The molecule has 0 radical (unpaired) electrons. The monoisotopic (exact) mass is 250 g/mol. The van der Waals surface area contributed by atoms with E-state index in [0.29, 0.717) is 10.8 Å². The predicted molar refractivity (Wildman–Crippen MR) is 66.4 cm³/mol. The van der Waals surface area contributed by atoms with Crippen molar-refractivity contribution in [3.8, 4) is 11.3 Å². The third-order valence-corrected chi connectivity index (χ3v) is 2.82. The summed E-state index contributed by atoms with van der Waals surface area (Å²) < 4.78 is 13.2. The lowest BCUT2D eigenvalue weighted by Crippen LogP contribution is -1.97. The van der Waals surface area contributed by atoms with Gasteiger partial charge in [-0.15, -0.1) is 0 Å². The Balaban J connectivity index is 2.54. The molecule has 0 unspecified atom stereocenters. The van der Waals surface area contributed by atoms with Crippen LogP contribution in [0.2, 0.25) is 5.15 Å². The molecule has 0 N–H and O–H groups in total. The van der Waals surface area contributed by atoms with Crippen LogP contribution in [0.5, 0.6) is 0 Å². The van der Waals surface area contributed by atoms with Crippen molar-refractivity contribution in [2.75, 3.05) is 0 Å². The molecule has 1 heterocycles. The Bertz CT molecular complexity index is 529. The van der Waals surface area contributed by atoms with E-state index in [9.17, 15) is 4.39 Å². The number of benzene rings is 1. The van der Waals surface area contributed by atoms with Crippen LogP contribution in [0.3, 0.4) is 0 Å². The Kier molecular flexibility index (Phi) is 3.69. The van der Waals surface area contributed by atoms with Gasteiger partial charge in [0.2, 0.25) is 0 Å². The van der Waals surface area contributed by atoms with Crippen molar-refractivity contribution in [3.63, 3.8) is 0 Å². The lowest BCUT2D eigenvalue weighted by molar-refractivity contribution is 0.628. The second-order valence-corrected chi connectivity index (χ2v) is 4.11. The summed E-state index contributed by atoms with van der Waals surface area (Å²) in [7, 11) is 0. The van der Waals surface area contributed by atoms with Crippen molar-refractivity contribution < 1.29 is 4.39 Å². The summed E-state index contributed by atoms with van der Waals surface area (Å²) in [6.07, 6.45) is 3.13. The van der Waals surface area contributed by atoms with Crippen molar-refractivity contribution in [1.82, 2.24) is 9.97 Å². The molecule has 0 bridgehead atoms. The van der Waals surface area contributed by atoms with Crippen LogP contribution in [0.25, 0.3) is 11.3 Å². The summed E-state index contributed by atoms with van der Waals surface area (Å²) >= 11 is 6.05. The molecule has 0 atom stereocenters. The Hall–Kier alpha value is -1.48. The van der Waals surface area contributed by atoms with Gasteiger partial charge in [0.1, 0.15) is 17.3 Å². The molecule has 1 aromatic carbocycles. The fraction of sp³-hybridized carbons (Fsp3) is 0.231. The zero-order valence-electron chi connectivity index (χ0n) is 9.45. The van der Waals surface area contributed by atoms with Crippen molar-refractivity contribution in [2.45, 2.75) is 19.8 Å². The molecule has 0 fully saturated rings. The lowest BCUT2D eigenvalue weighted by atomic mass is 10.0. The summed E-state index contributed by atoms with van der Waals surface area (Å²) in [6, 6.07) is 6.35. The van der Waals surface area contributed by atoms with Crippen LogP contribution in [0.15, 0.2) is 30.6 Å². The minimum atomic E-state index is -0.278. The zero-order valence-corrected chi connectivity index (χ0v) is 10.2. The number of aromatic nitrogens is 2. The fourth-order valence-electron chi connectivity index (χ4n) is 1.75. The van der Waals surface area contributed by atoms with Gasteiger partial charge in [0.15, 0.2) is 0 Å². The fourth-order valence-corrected chi connectivity index (χ4v) is 1.97. The molecule has 1 aromatic heterocycles. The van der Waals surface area contributed by atoms with Crippen LogP contribution in [0, 0.1) is 5.82 Å². The Labute approximate surface area is 104 Å². The molecule has 0 aliphatic carbocycles. The Morgan fingerprint density at radius 3 is 2.82 bits per heavy atom. The largest absolute Gasteiger partial charge is 0.236 e. The highest BCUT2D eigenvalue weighted by Gasteiger charge is 2.11. The van der Waals surface area contributed by atoms with Gasteiger partial charge in [0.05, 0.1) is 5.69 Å². The van der Waals surface area contributed by atoms with E-state index in [1.165, 1.54) is 18.5 Å². The average Bonchev–Trinajstić information content (AvgIpc) is 2.32. The van der Waals surface area contributed by atoms with Gasteiger partial charge in [-0.2, -0.15) is 0 Å². The molecule has 17 heavy (non-hydrogen) atoms. The van der Waals surface area contributed by atoms with Crippen LogP contribution < -0.4 is 0 Å². The molecule has 0 aliphatic rings. The molecule has 0 amide bonds. The van der Waals surface area contributed by atoms with Crippen molar-refractivity contribution >= 4 is 11.6 Å². The summed E-state index contributed by atoms with van der Waals surface area (Å²) in [5, 5.41) is 0.445. The van der Waals surface area contributed by atoms with Crippen molar-refractivity contribution in [3.05, 3.63) is 47.1 Å². The first-order chi connectivity index (χ1) is 8.22. The van der Waals surface area contributed by atoms with Crippen LogP contribution >= 0.6 is 11.6 Å². The molecule has 4 heteroatoms. The van der Waals surface area contributed by atoms with Gasteiger partial charge < -0.3 is 0 Å². The third kappa shape index (κ3) is 2.61. The van der Waals surface area contributed by atoms with Crippen molar-refractivity contribution in [2.24, 2.45) is 0 Å². The summed E-state index contributed by atoms with van der Waals surface area (Å²) in [6.45, 7) is 2.05. The molecular weight excluding hydrogens is 239 g/mol. The molecule has 0 spiro atoms. The number of hydrogen-bond donors (Lipinski definition) is 0. The molecule has 2 rings (SSSR count). The quantitative estimate of drug-likeness (QED) is 0.773. The van der Waals surface area contributed by atoms with Gasteiger partial charge in [0.25, 0.3) is 0 Å². The van der Waals surface area contributed by atoms with Gasteiger partial charge >= 0.3 is 0 Å². The van der Waals surface area contributed by atoms with Gasteiger partial charge in [-0.3, -0.25) is 0 Å². The first-order valence-corrected chi connectivity index (χ1v) is 5.85. The second-order valence-electron chi connectivity index (χ2n) is 3.75. The van der Waals surface area contributed by atoms with Crippen LogP contribution in [-0.4, -0.2) is 9.97 Å². The van der Waals surface area contributed by atoms with E-state index in [1.54, 1.807) is 6.07 Å². The van der Waals surface area contributed by atoms with Crippen LogP contribution in [0.1, 0.15) is 18.9 Å². The highest BCUT2D eigenvalue weighted by Crippen LogP contribution is 2.26. The molecule has 0 saturated heterocycles. The van der Waals surface area contributed by atoms with Crippen LogP contribution in [-0.2, 0) is 6.42 Å². The van der Waals surface area contributed by atoms with Crippen molar-refractivity contribution in [1.29, 1.82) is 0 Å². The maximum atomic E-state index is 13.2. The van der Waals surface area contributed by atoms with E-state index < -0.39 is 0 Å². The predicted octanol–water partition coefficient (Wildman–Crippen LogP) is 3.89. The van der Waals surface area contributed by atoms with Crippen LogP contribution in [0.4, 0.5) is 4.39 Å². The first-order valence-electron chi connectivity index (χ1n) is 5.47. The van der Waals surface area contributed by atoms with Gasteiger partial charge in [-0.1, -0.05) is 37.1 Å². The van der Waals surface area contributed by atoms with E-state index in [0.717, 1.165) is 24.0 Å². The Morgan fingerprint density at radius 1 is 1.29 bits per heavy atom. The van der Waals surface area contributed by atoms with E-state index >= 15 is 0 Å². The number of hydrogen-bond acceptors (Lipinski definition) is 2. The van der Waals surface area contributed by atoms with Gasteiger partial charge in [-0.05, 0) is 18.6 Å². The highest BCUT2D eigenvalue weighted by molar-refractivity contribution is 6.30. The normalized spacial score (nSPS) is 10.5. The van der Waals surface area contributed by atoms with E-state index in [4.69, 9.17) is 11.6 Å². The molecule has 88 valence electrons. The molecule has 2 aromatic rings. The summed E-state index contributed by atoms with van der Waals surface area (Å²) in [4.78, 5) is 8.17. The topological polar surface area (TPSA) is 25.8 Å². The van der Waals surface area contributed by atoms with Gasteiger partial charge in [0, 0.05) is 11.1 Å². The van der Waals surface area contributed by atoms with Gasteiger partial charge in [-0.25, -0.2) is 14.4 Å². The number of nitrogens with zero attached hydrogens (tertiary/aromatic N) is 2. The molecule has 2 nitrogen and oxygen atoms in total. The van der Waals surface area contributed by atoms with E-state index in [1.807, 2.05) is 6.07 Å². The molecule has 0 aliphatic heterocycles. The van der Waals surface area contributed by atoms with E-state index in [2.05, 4.69) is 16.9 Å². The zero-order chi connectivity index (χ0) is 12.3. The maximum Gasteiger partial charge on any atom is 0.136 e. The smallest absolute Gasteiger partial charge is 0.136 e. The summed E-state index contributed by atoms with van der Waals surface area (Å²) in [5.41, 5.74) is 2.33. The minimum absolute atomic E-state index is 0.278. The van der Waals surface area contributed by atoms with E-state index in [-0.39, 0.29) is 5.82 Å². The molecule has 0 saturated carbocycles. The molecular formula is C13H12ClFN2. The minimum Gasteiger partial charge on any atom is -0.236 e. The lowest BCUT2D eigenvalue weighted by Gasteiger charge is -2.08. The SMILES string of the molecule is CCCc1c(Cl)ncnc1-c1cccc(F)c1.